The molecular weight excluding hydrogens is 346 g/mol. The quantitative estimate of drug-likeness (QED) is 0.846. The first kappa shape index (κ1) is 16.9. The van der Waals surface area contributed by atoms with Crippen LogP contribution in [0, 0.1) is 0 Å². The minimum absolute atomic E-state index is 0.0755. The van der Waals surface area contributed by atoms with Crippen molar-refractivity contribution in [2.45, 2.75) is 13.0 Å². The Hall–Kier alpha value is -2.93. The van der Waals surface area contributed by atoms with Crippen molar-refractivity contribution in [1.29, 1.82) is 0 Å². The molecule has 0 saturated heterocycles. The van der Waals surface area contributed by atoms with Gasteiger partial charge in [-0.05, 0) is 18.1 Å². The molecule has 1 aromatic heterocycles. The van der Waals surface area contributed by atoms with E-state index >= 15 is 0 Å². The van der Waals surface area contributed by atoms with Gasteiger partial charge < -0.3 is 9.84 Å². The maximum atomic E-state index is 12.5. The van der Waals surface area contributed by atoms with Crippen molar-refractivity contribution >= 4 is 35.6 Å². The van der Waals surface area contributed by atoms with Gasteiger partial charge in [-0.25, -0.2) is 19.6 Å². The molecule has 1 aliphatic heterocycles. The van der Waals surface area contributed by atoms with Gasteiger partial charge in [-0.1, -0.05) is 41.9 Å². The van der Waals surface area contributed by atoms with Gasteiger partial charge in [0, 0.05) is 12.1 Å². The minimum Gasteiger partial charge on any atom is -0.478 e. The highest BCUT2D eigenvalue weighted by Gasteiger charge is 2.27. The molecule has 128 valence electrons. The lowest BCUT2D eigenvalue weighted by atomic mass is 10.1. The van der Waals surface area contributed by atoms with E-state index < -0.39 is 12.1 Å². The van der Waals surface area contributed by atoms with Crippen LogP contribution in [0.3, 0.4) is 0 Å². The number of nitrogens with zero attached hydrogens (tertiary/aromatic N) is 3. The lowest BCUT2D eigenvalue weighted by Crippen LogP contribution is -2.33. The molecule has 0 spiro atoms. The summed E-state index contributed by atoms with van der Waals surface area (Å²) < 4.78 is 5.33. The number of amides is 1. The molecule has 0 fully saturated rings. The molecule has 1 amide bonds. The molecule has 0 radical (unpaired) electrons. The van der Waals surface area contributed by atoms with Crippen LogP contribution >= 0.6 is 11.6 Å². The topological polar surface area (TPSA) is 92.6 Å². The number of aliphatic carboxylic acids is 1. The zero-order valence-corrected chi connectivity index (χ0v) is 13.8. The number of hydrogen-bond donors (Lipinski definition) is 1. The largest absolute Gasteiger partial charge is 0.478 e. The standard InChI is InChI=1S/C17H14ClN3O4/c18-14-13-8-12(16(22)23)6-7-21(15(13)20-10-19-14)17(24)25-9-11-4-2-1-3-5-11/h1-5,8,10H,6-7,9H2,(H,22,23). The van der Waals surface area contributed by atoms with Crippen LogP contribution in [0.5, 0.6) is 0 Å². The molecule has 0 unspecified atom stereocenters. The third-order valence-corrected chi connectivity index (χ3v) is 3.99. The van der Waals surface area contributed by atoms with E-state index in [4.69, 9.17) is 16.3 Å². The van der Waals surface area contributed by atoms with E-state index in [2.05, 4.69) is 9.97 Å². The van der Waals surface area contributed by atoms with Crippen LogP contribution in [0.2, 0.25) is 5.15 Å². The van der Waals surface area contributed by atoms with Gasteiger partial charge in [0.25, 0.3) is 0 Å². The fourth-order valence-electron chi connectivity index (χ4n) is 2.43. The Morgan fingerprint density at radius 3 is 2.72 bits per heavy atom. The maximum absolute atomic E-state index is 12.5. The van der Waals surface area contributed by atoms with Crippen LogP contribution in [0.1, 0.15) is 17.5 Å². The molecule has 7 nitrogen and oxygen atoms in total. The molecule has 8 heteroatoms. The average molecular weight is 360 g/mol. The highest BCUT2D eigenvalue weighted by Crippen LogP contribution is 2.30. The van der Waals surface area contributed by atoms with Gasteiger partial charge in [0.2, 0.25) is 0 Å². The Labute approximate surface area is 148 Å². The van der Waals surface area contributed by atoms with Gasteiger partial charge >= 0.3 is 12.1 Å². The van der Waals surface area contributed by atoms with E-state index in [1.54, 1.807) is 0 Å². The number of carbonyl (C=O) groups excluding carboxylic acids is 1. The number of hydrogen-bond acceptors (Lipinski definition) is 5. The maximum Gasteiger partial charge on any atom is 0.415 e. The van der Waals surface area contributed by atoms with E-state index in [-0.39, 0.29) is 41.7 Å². The Kier molecular flexibility index (Phi) is 4.95. The number of benzene rings is 1. The number of aromatic nitrogens is 2. The van der Waals surface area contributed by atoms with E-state index in [9.17, 15) is 14.7 Å². The van der Waals surface area contributed by atoms with Crippen molar-refractivity contribution < 1.29 is 19.4 Å². The average Bonchev–Trinajstić information content (AvgIpc) is 2.81. The summed E-state index contributed by atoms with van der Waals surface area (Å²) in [6.45, 7) is 0.218. The monoisotopic (exact) mass is 359 g/mol. The molecule has 0 aliphatic carbocycles. The zero-order valence-electron chi connectivity index (χ0n) is 13.1. The lowest BCUT2D eigenvalue weighted by molar-refractivity contribution is -0.132. The molecule has 25 heavy (non-hydrogen) atoms. The molecular formula is C17H14ClN3O4. The van der Waals surface area contributed by atoms with Crippen molar-refractivity contribution in [1.82, 2.24) is 9.97 Å². The van der Waals surface area contributed by atoms with Crippen molar-refractivity contribution in [3.8, 4) is 0 Å². The van der Waals surface area contributed by atoms with Crippen LogP contribution in [0.15, 0.2) is 42.2 Å². The predicted octanol–water partition coefficient (Wildman–Crippen LogP) is 3.14. The summed E-state index contributed by atoms with van der Waals surface area (Å²) in [6.07, 6.45) is 2.13. The molecule has 3 rings (SSSR count). The van der Waals surface area contributed by atoms with Crippen molar-refractivity contribution in [2.24, 2.45) is 0 Å². The lowest BCUT2D eigenvalue weighted by Gasteiger charge is -2.21. The predicted molar refractivity (Wildman–Crippen MR) is 91.2 cm³/mol. The first-order valence-electron chi connectivity index (χ1n) is 7.49. The van der Waals surface area contributed by atoms with Crippen LogP contribution in [0.25, 0.3) is 6.08 Å². The Morgan fingerprint density at radius 2 is 2.00 bits per heavy atom. The number of halogens is 1. The summed E-state index contributed by atoms with van der Waals surface area (Å²) in [5, 5.41) is 9.35. The first-order chi connectivity index (χ1) is 12.1. The molecule has 1 aromatic carbocycles. The first-order valence-corrected chi connectivity index (χ1v) is 7.86. The van der Waals surface area contributed by atoms with Gasteiger partial charge in [-0.2, -0.15) is 0 Å². The second-order valence-corrected chi connectivity index (χ2v) is 5.68. The summed E-state index contributed by atoms with van der Waals surface area (Å²) in [5.74, 6) is -0.848. The number of ether oxygens (including phenoxy) is 1. The van der Waals surface area contributed by atoms with Gasteiger partial charge in [0.1, 0.15) is 23.9 Å². The van der Waals surface area contributed by atoms with E-state index in [1.165, 1.54) is 17.3 Å². The van der Waals surface area contributed by atoms with Crippen LogP contribution in [0.4, 0.5) is 10.6 Å². The highest BCUT2D eigenvalue weighted by molar-refractivity contribution is 6.31. The zero-order chi connectivity index (χ0) is 17.8. The van der Waals surface area contributed by atoms with E-state index in [1.807, 2.05) is 30.3 Å². The number of fused-ring (bicyclic) bond motifs is 1. The number of rotatable bonds is 3. The molecule has 0 saturated carbocycles. The van der Waals surface area contributed by atoms with E-state index in [0.717, 1.165) is 5.56 Å². The van der Waals surface area contributed by atoms with Crippen LogP contribution in [-0.2, 0) is 16.1 Å². The number of carboxylic acid groups (broad SMARTS) is 1. The normalized spacial score (nSPS) is 13.5. The number of carbonyl (C=O) groups is 2. The summed E-state index contributed by atoms with van der Waals surface area (Å²) in [4.78, 5) is 33.0. The minimum atomic E-state index is -1.08. The Balaban J connectivity index is 1.85. The Bertz CT molecular complexity index is 839. The SMILES string of the molecule is O=C(O)C1=Cc2c(Cl)ncnc2N(C(=O)OCc2ccccc2)CC1. The summed E-state index contributed by atoms with van der Waals surface area (Å²) in [7, 11) is 0. The van der Waals surface area contributed by atoms with Crippen molar-refractivity contribution in [2.75, 3.05) is 11.4 Å². The van der Waals surface area contributed by atoms with Crippen molar-refractivity contribution in [3.05, 3.63) is 58.5 Å². The second kappa shape index (κ2) is 7.31. The fourth-order valence-corrected chi connectivity index (χ4v) is 2.62. The molecule has 0 bridgehead atoms. The van der Waals surface area contributed by atoms with Gasteiger partial charge in [-0.15, -0.1) is 0 Å². The number of carboxylic acids is 1. The Morgan fingerprint density at radius 1 is 1.24 bits per heavy atom. The highest BCUT2D eigenvalue weighted by atomic mass is 35.5. The molecule has 2 aromatic rings. The summed E-state index contributed by atoms with van der Waals surface area (Å²) in [6, 6.07) is 9.24. The molecule has 2 heterocycles. The van der Waals surface area contributed by atoms with Gasteiger partial charge in [-0.3, -0.25) is 4.90 Å². The molecule has 1 aliphatic rings. The fraction of sp³-hybridized carbons (Fsp3) is 0.176. The third-order valence-electron chi connectivity index (χ3n) is 3.69. The van der Waals surface area contributed by atoms with Gasteiger partial charge in [0.05, 0.1) is 5.56 Å². The summed E-state index contributed by atoms with van der Waals surface area (Å²) >= 11 is 6.06. The third kappa shape index (κ3) is 3.77. The van der Waals surface area contributed by atoms with Gasteiger partial charge in [0.15, 0.2) is 0 Å². The summed E-state index contributed by atoms with van der Waals surface area (Å²) in [5.41, 5.74) is 1.25. The second-order valence-electron chi connectivity index (χ2n) is 5.32. The molecule has 0 atom stereocenters. The smallest absolute Gasteiger partial charge is 0.415 e. The molecule has 1 N–H and O–H groups in total. The number of anilines is 1. The van der Waals surface area contributed by atoms with E-state index in [0.29, 0.717) is 0 Å². The van der Waals surface area contributed by atoms with Crippen LogP contribution < -0.4 is 4.90 Å². The van der Waals surface area contributed by atoms with Crippen molar-refractivity contribution in [3.63, 3.8) is 0 Å². The van der Waals surface area contributed by atoms with Crippen LogP contribution in [-0.4, -0.2) is 33.7 Å².